The summed E-state index contributed by atoms with van der Waals surface area (Å²) in [4.78, 5) is 4.00. The molecule has 1 aliphatic heterocycles. The monoisotopic (exact) mass is 101 g/mol. The van der Waals surface area contributed by atoms with Crippen LogP contribution in [0.15, 0.2) is 4.99 Å². The standard InChI is InChI=1S/C4H7NS/c1-4-2-5-3-6-4/h2,4H,3H2,1H3. The van der Waals surface area contributed by atoms with Crippen molar-refractivity contribution in [3.63, 3.8) is 0 Å². The fraction of sp³-hybridized carbons (Fsp3) is 0.750. The first-order valence-corrected chi connectivity index (χ1v) is 3.06. The highest BCUT2D eigenvalue weighted by atomic mass is 32.2. The molecule has 1 atom stereocenters. The first kappa shape index (κ1) is 4.19. The molecule has 0 aromatic rings. The summed E-state index contributed by atoms with van der Waals surface area (Å²) in [7, 11) is 0. The predicted molar refractivity (Wildman–Crippen MR) is 30.4 cm³/mol. The number of hydrogen-bond donors (Lipinski definition) is 0. The Morgan fingerprint density at radius 2 is 2.83 bits per heavy atom. The van der Waals surface area contributed by atoms with Gasteiger partial charge in [0.2, 0.25) is 0 Å². The second-order valence-corrected chi connectivity index (χ2v) is 2.67. The van der Waals surface area contributed by atoms with Crippen molar-refractivity contribution in [2.45, 2.75) is 12.2 Å². The second-order valence-electron chi connectivity index (χ2n) is 1.33. The topological polar surface area (TPSA) is 12.4 Å². The third-order valence-corrected chi connectivity index (χ3v) is 1.67. The molecule has 0 saturated carbocycles. The van der Waals surface area contributed by atoms with E-state index in [0.29, 0.717) is 5.25 Å². The minimum Gasteiger partial charge on any atom is -0.286 e. The Labute approximate surface area is 41.8 Å². The molecule has 0 N–H and O–H groups in total. The molecule has 0 fully saturated rings. The van der Waals surface area contributed by atoms with E-state index in [4.69, 9.17) is 0 Å². The Morgan fingerprint density at radius 1 is 2.00 bits per heavy atom. The van der Waals surface area contributed by atoms with Gasteiger partial charge in [-0.15, -0.1) is 11.8 Å². The summed E-state index contributed by atoms with van der Waals surface area (Å²) in [5.74, 6) is 0.973. The van der Waals surface area contributed by atoms with E-state index in [1.54, 1.807) is 0 Å². The molecular formula is C4H7NS. The summed E-state index contributed by atoms with van der Waals surface area (Å²) in [6, 6.07) is 0. The molecule has 0 radical (unpaired) electrons. The normalized spacial score (nSPS) is 31.8. The zero-order chi connectivity index (χ0) is 4.41. The SMILES string of the molecule is CC1C=NCS1. The first-order chi connectivity index (χ1) is 2.89. The highest BCUT2D eigenvalue weighted by molar-refractivity contribution is 8.00. The number of nitrogens with zero attached hydrogens (tertiary/aromatic N) is 1. The van der Waals surface area contributed by atoms with E-state index < -0.39 is 0 Å². The zero-order valence-corrected chi connectivity index (χ0v) is 4.53. The summed E-state index contributed by atoms with van der Waals surface area (Å²) in [5.41, 5.74) is 0. The van der Waals surface area contributed by atoms with E-state index in [0.717, 1.165) is 5.88 Å². The fourth-order valence-corrected chi connectivity index (χ4v) is 0.975. The maximum absolute atomic E-state index is 4.00. The van der Waals surface area contributed by atoms with Crippen molar-refractivity contribution >= 4 is 18.0 Å². The molecule has 0 aromatic carbocycles. The van der Waals surface area contributed by atoms with Gasteiger partial charge in [0.1, 0.15) is 0 Å². The lowest BCUT2D eigenvalue weighted by molar-refractivity contribution is 1.36. The summed E-state index contributed by atoms with van der Waals surface area (Å²) in [5, 5.41) is 0.671. The first-order valence-electron chi connectivity index (χ1n) is 2.01. The van der Waals surface area contributed by atoms with Gasteiger partial charge in [0.05, 0.1) is 5.88 Å². The Balaban J connectivity index is 2.38. The van der Waals surface area contributed by atoms with E-state index in [2.05, 4.69) is 11.9 Å². The van der Waals surface area contributed by atoms with E-state index in [1.807, 2.05) is 18.0 Å². The van der Waals surface area contributed by atoms with Crippen LogP contribution in [0.5, 0.6) is 0 Å². The van der Waals surface area contributed by atoms with Crippen LogP contribution in [0, 0.1) is 0 Å². The van der Waals surface area contributed by atoms with Crippen molar-refractivity contribution in [3.05, 3.63) is 0 Å². The molecule has 0 aromatic heterocycles. The predicted octanol–water partition coefficient (Wildman–Crippen LogP) is 1.15. The van der Waals surface area contributed by atoms with Crippen molar-refractivity contribution in [3.8, 4) is 0 Å². The minimum absolute atomic E-state index is 0.671. The van der Waals surface area contributed by atoms with Gasteiger partial charge in [0.25, 0.3) is 0 Å². The molecule has 0 saturated heterocycles. The van der Waals surface area contributed by atoms with Gasteiger partial charge < -0.3 is 0 Å². The summed E-state index contributed by atoms with van der Waals surface area (Å²) >= 11 is 1.87. The van der Waals surface area contributed by atoms with Crippen LogP contribution < -0.4 is 0 Å². The number of hydrogen-bond acceptors (Lipinski definition) is 2. The molecule has 1 heterocycles. The van der Waals surface area contributed by atoms with Crippen LogP contribution in [0.2, 0.25) is 0 Å². The third kappa shape index (κ3) is 0.744. The molecule has 1 nitrogen and oxygen atoms in total. The Morgan fingerprint density at radius 3 is 3.00 bits per heavy atom. The van der Waals surface area contributed by atoms with E-state index in [1.165, 1.54) is 0 Å². The van der Waals surface area contributed by atoms with Gasteiger partial charge >= 0.3 is 0 Å². The van der Waals surface area contributed by atoms with Gasteiger partial charge in [-0.1, -0.05) is 0 Å². The van der Waals surface area contributed by atoms with Crippen molar-refractivity contribution in [1.29, 1.82) is 0 Å². The van der Waals surface area contributed by atoms with Crippen LogP contribution in [0.3, 0.4) is 0 Å². The minimum atomic E-state index is 0.671. The molecule has 0 bridgehead atoms. The van der Waals surface area contributed by atoms with Crippen molar-refractivity contribution in [2.75, 3.05) is 5.88 Å². The van der Waals surface area contributed by atoms with Gasteiger partial charge in [-0.2, -0.15) is 0 Å². The molecule has 1 unspecified atom stereocenters. The van der Waals surface area contributed by atoms with Gasteiger partial charge in [0, 0.05) is 11.5 Å². The Bertz CT molecular complexity index is 69.9. The molecule has 6 heavy (non-hydrogen) atoms. The lowest BCUT2D eigenvalue weighted by atomic mass is 10.5. The lowest BCUT2D eigenvalue weighted by Gasteiger charge is -1.86. The molecule has 1 aliphatic rings. The second kappa shape index (κ2) is 1.65. The molecule has 1 rings (SSSR count). The van der Waals surface area contributed by atoms with Crippen LogP contribution >= 0.6 is 11.8 Å². The van der Waals surface area contributed by atoms with Crippen LogP contribution in [0.1, 0.15) is 6.92 Å². The maximum atomic E-state index is 4.00. The van der Waals surface area contributed by atoms with E-state index in [-0.39, 0.29) is 0 Å². The zero-order valence-electron chi connectivity index (χ0n) is 3.72. The van der Waals surface area contributed by atoms with Crippen LogP contribution in [-0.2, 0) is 0 Å². The van der Waals surface area contributed by atoms with E-state index in [9.17, 15) is 0 Å². The maximum Gasteiger partial charge on any atom is 0.0846 e. The number of rotatable bonds is 0. The average Bonchev–Trinajstić information content (AvgIpc) is 1.86. The summed E-state index contributed by atoms with van der Waals surface area (Å²) in [6.45, 7) is 2.15. The van der Waals surface area contributed by atoms with Crippen LogP contribution in [0.25, 0.3) is 0 Å². The lowest BCUT2D eigenvalue weighted by Crippen LogP contribution is -1.87. The highest BCUT2D eigenvalue weighted by Gasteiger charge is 2.00. The van der Waals surface area contributed by atoms with Crippen LogP contribution in [0.4, 0.5) is 0 Å². The largest absolute Gasteiger partial charge is 0.286 e. The van der Waals surface area contributed by atoms with Crippen molar-refractivity contribution in [2.24, 2.45) is 4.99 Å². The highest BCUT2D eigenvalue weighted by Crippen LogP contribution is 2.12. The average molecular weight is 101 g/mol. The fourth-order valence-electron chi connectivity index (χ4n) is 0.395. The van der Waals surface area contributed by atoms with Gasteiger partial charge in [-0.3, -0.25) is 4.99 Å². The van der Waals surface area contributed by atoms with Gasteiger partial charge in [-0.05, 0) is 6.92 Å². The number of aliphatic imine (C=N–C) groups is 1. The summed E-state index contributed by atoms with van der Waals surface area (Å²) in [6.07, 6.45) is 1.99. The Hall–Kier alpha value is 0.0200. The Kier molecular flexibility index (Phi) is 1.15. The smallest absolute Gasteiger partial charge is 0.0846 e. The number of thioether (sulfide) groups is 1. The summed E-state index contributed by atoms with van der Waals surface area (Å²) < 4.78 is 0. The molecule has 0 aliphatic carbocycles. The molecular weight excluding hydrogens is 94.1 g/mol. The van der Waals surface area contributed by atoms with Crippen molar-refractivity contribution in [1.82, 2.24) is 0 Å². The molecule has 0 amide bonds. The van der Waals surface area contributed by atoms with Crippen LogP contribution in [-0.4, -0.2) is 17.3 Å². The van der Waals surface area contributed by atoms with Gasteiger partial charge in [0.15, 0.2) is 0 Å². The van der Waals surface area contributed by atoms with E-state index >= 15 is 0 Å². The molecule has 34 valence electrons. The third-order valence-electron chi connectivity index (χ3n) is 0.727. The van der Waals surface area contributed by atoms with Gasteiger partial charge in [-0.25, -0.2) is 0 Å². The molecule has 0 spiro atoms. The van der Waals surface area contributed by atoms with Crippen molar-refractivity contribution < 1.29 is 0 Å². The quantitative estimate of drug-likeness (QED) is 0.446. The molecule has 2 heteroatoms.